The fourth-order valence-corrected chi connectivity index (χ4v) is 3.86. The summed E-state index contributed by atoms with van der Waals surface area (Å²) in [5, 5.41) is 21.2. The lowest BCUT2D eigenvalue weighted by molar-refractivity contribution is -0.147. The van der Waals surface area contributed by atoms with Crippen LogP contribution in [0.15, 0.2) is 24.3 Å². The minimum Gasteiger partial charge on any atom is -0.480 e. The summed E-state index contributed by atoms with van der Waals surface area (Å²) in [5.74, 6) is -2.46. The number of esters is 1. The van der Waals surface area contributed by atoms with Gasteiger partial charge in [0.2, 0.25) is 5.91 Å². The molecule has 12 heteroatoms. The van der Waals surface area contributed by atoms with Crippen molar-refractivity contribution in [2.45, 2.75) is 103 Å². The van der Waals surface area contributed by atoms with Gasteiger partial charge < -0.3 is 25.2 Å². The number of carboxylic acid groups (broad SMARTS) is 1. The van der Waals surface area contributed by atoms with Crippen LogP contribution in [0.3, 0.4) is 0 Å². The van der Waals surface area contributed by atoms with Crippen LogP contribution < -0.4 is 5.32 Å². The van der Waals surface area contributed by atoms with Crippen molar-refractivity contribution < 1.29 is 47.8 Å². The number of aliphatic carboxylic acids is 1. The largest absolute Gasteiger partial charge is 0.480 e. The van der Waals surface area contributed by atoms with Gasteiger partial charge in [-0.3, -0.25) is 18.6 Å². The molecule has 0 aliphatic heterocycles. The standard InChI is InChI=1S/C26H46NO10P/c1-3-5-6-7-8-9-10-11-12-13-14-15-16-18-24(29)27-23(26(31)32)21-37-38(33,34)36-20-22(28)19-35-25(30)17-4-2/h6-7,9-10,22-23,28H,3-5,8,11-21H2,1-2H3,(H,27,29)(H,31,32)(H,33,34)/b7-6-,10-9-. The molecule has 1 amide bonds. The molecule has 220 valence electrons. The van der Waals surface area contributed by atoms with Crippen LogP contribution >= 0.6 is 7.82 Å². The number of hydrogen-bond acceptors (Lipinski definition) is 8. The van der Waals surface area contributed by atoms with Crippen LogP contribution in [-0.4, -0.2) is 64.9 Å². The lowest BCUT2D eigenvalue weighted by Gasteiger charge is -2.18. The molecule has 0 rings (SSSR count). The fourth-order valence-electron chi connectivity index (χ4n) is 3.09. The van der Waals surface area contributed by atoms with E-state index in [1.807, 2.05) is 0 Å². The van der Waals surface area contributed by atoms with Crippen LogP contribution in [0.5, 0.6) is 0 Å². The van der Waals surface area contributed by atoms with E-state index in [-0.39, 0.29) is 12.8 Å². The number of unbranched alkanes of at least 4 members (excludes halogenated alkanes) is 6. The van der Waals surface area contributed by atoms with E-state index in [4.69, 9.17) is 4.74 Å². The predicted octanol–water partition coefficient (Wildman–Crippen LogP) is 4.43. The molecule has 0 aliphatic carbocycles. The molecule has 0 aromatic rings. The van der Waals surface area contributed by atoms with Gasteiger partial charge in [-0.25, -0.2) is 9.36 Å². The van der Waals surface area contributed by atoms with Crippen molar-refractivity contribution in [1.82, 2.24) is 5.32 Å². The molecule has 11 nitrogen and oxygen atoms in total. The number of aliphatic hydroxyl groups excluding tert-OH is 1. The van der Waals surface area contributed by atoms with E-state index >= 15 is 0 Å². The number of ether oxygens (including phenoxy) is 1. The van der Waals surface area contributed by atoms with Crippen LogP contribution in [0.25, 0.3) is 0 Å². The highest BCUT2D eigenvalue weighted by Crippen LogP contribution is 2.43. The molecule has 0 bridgehead atoms. The average molecular weight is 564 g/mol. The average Bonchev–Trinajstić information content (AvgIpc) is 2.87. The zero-order valence-corrected chi connectivity index (χ0v) is 23.6. The van der Waals surface area contributed by atoms with Crippen LogP contribution in [0, 0.1) is 0 Å². The summed E-state index contributed by atoms with van der Waals surface area (Å²) >= 11 is 0. The van der Waals surface area contributed by atoms with E-state index in [2.05, 4.69) is 45.6 Å². The number of nitrogens with one attached hydrogen (secondary N) is 1. The molecule has 3 unspecified atom stereocenters. The summed E-state index contributed by atoms with van der Waals surface area (Å²) in [7, 11) is -4.72. The third-order valence-corrected chi connectivity index (χ3v) is 6.14. The van der Waals surface area contributed by atoms with Crippen molar-refractivity contribution in [1.29, 1.82) is 0 Å². The maximum Gasteiger partial charge on any atom is 0.472 e. The monoisotopic (exact) mass is 563 g/mol. The first-order valence-electron chi connectivity index (χ1n) is 13.4. The minimum atomic E-state index is -4.72. The van der Waals surface area contributed by atoms with Gasteiger partial charge in [0.05, 0.1) is 13.2 Å². The number of carbonyl (C=O) groups is 3. The molecule has 0 aliphatic rings. The molecule has 4 N–H and O–H groups in total. The van der Waals surface area contributed by atoms with E-state index in [0.29, 0.717) is 12.8 Å². The second-order valence-electron chi connectivity index (χ2n) is 8.88. The minimum absolute atomic E-state index is 0.129. The third kappa shape index (κ3) is 22.0. The van der Waals surface area contributed by atoms with E-state index in [1.165, 1.54) is 0 Å². The molecule has 0 spiro atoms. The zero-order chi connectivity index (χ0) is 28.7. The molecule has 3 atom stereocenters. The number of allylic oxidation sites excluding steroid dienone is 4. The van der Waals surface area contributed by atoms with E-state index < -0.39 is 57.6 Å². The number of hydrogen-bond donors (Lipinski definition) is 4. The predicted molar refractivity (Wildman–Crippen MR) is 143 cm³/mol. The van der Waals surface area contributed by atoms with E-state index in [9.17, 15) is 34.1 Å². The molecular formula is C26H46NO10P. The topological polar surface area (TPSA) is 169 Å². The fraction of sp³-hybridized carbons (Fsp3) is 0.731. The van der Waals surface area contributed by atoms with Crippen molar-refractivity contribution in [2.24, 2.45) is 0 Å². The Balaban J connectivity index is 4.10. The van der Waals surface area contributed by atoms with E-state index in [1.54, 1.807) is 6.92 Å². The number of phosphoric ester groups is 1. The van der Waals surface area contributed by atoms with Gasteiger partial charge in [-0.15, -0.1) is 0 Å². The molecule has 38 heavy (non-hydrogen) atoms. The summed E-state index contributed by atoms with van der Waals surface area (Å²) in [6.45, 7) is 2.02. The Kier molecular flexibility index (Phi) is 21.7. The number of carboxylic acids is 1. The Bertz CT molecular complexity index is 771. The van der Waals surface area contributed by atoms with E-state index in [0.717, 1.165) is 51.4 Å². The smallest absolute Gasteiger partial charge is 0.472 e. The first kappa shape index (κ1) is 36.0. The van der Waals surface area contributed by atoms with Gasteiger partial charge in [0, 0.05) is 12.8 Å². The Morgan fingerprint density at radius 2 is 1.47 bits per heavy atom. The first-order chi connectivity index (χ1) is 18.1. The Hall–Kier alpha value is -2.04. The number of rotatable bonds is 24. The highest BCUT2D eigenvalue weighted by molar-refractivity contribution is 7.47. The lowest BCUT2D eigenvalue weighted by atomic mass is 10.1. The molecular weight excluding hydrogens is 517 g/mol. The number of amides is 1. The summed E-state index contributed by atoms with van der Waals surface area (Å²) in [5.41, 5.74) is 0. The molecule has 0 saturated heterocycles. The van der Waals surface area contributed by atoms with Gasteiger partial charge in [-0.05, 0) is 38.5 Å². The Morgan fingerprint density at radius 1 is 0.842 bits per heavy atom. The SMILES string of the molecule is CCC/C=C\C/C=C\CCCCCCCC(=O)NC(COP(=O)(O)OCC(O)COC(=O)CCC)C(=O)O. The second-order valence-corrected chi connectivity index (χ2v) is 10.3. The van der Waals surface area contributed by atoms with Crippen LogP contribution in [0.4, 0.5) is 0 Å². The van der Waals surface area contributed by atoms with Crippen molar-refractivity contribution >= 4 is 25.7 Å². The molecule has 0 aromatic carbocycles. The van der Waals surface area contributed by atoms with Crippen molar-refractivity contribution in [3.05, 3.63) is 24.3 Å². The molecule has 0 heterocycles. The quantitative estimate of drug-likeness (QED) is 0.0570. The van der Waals surface area contributed by atoms with Crippen LogP contribution in [0.2, 0.25) is 0 Å². The summed E-state index contributed by atoms with van der Waals surface area (Å²) < 4.78 is 26.0. The molecule has 0 aromatic heterocycles. The van der Waals surface area contributed by atoms with Gasteiger partial charge in [0.25, 0.3) is 0 Å². The van der Waals surface area contributed by atoms with Gasteiger partial charge >= 0.3 is 19.8 Å². The summed E-state index contributed by atoms with van der Waals surface area (Å²) in [6.07, 6.45) is 17.0. The second kappa shape index (κ2) is 22.9. The number of phosphoric acid groups is 1. The van der Waals surface area contributed by atoms with Crippen molar-refractivity contribution in [3.63, 3.8) is 0 Å². The number of aliphatic hydroxyl groups is 1. The zero-order valence-electron chi connectivity index (χ0n) is 22.7. The normalized spacial score (nSPS) is 14.8. The van der Waals surface area contributed by atoms with Crippen molar-refractivity contribution in [3.8, 4) is 0 Å². The van der Waals surface area contributed by atoms with Gasteiger partial charge in [-0.2, -0.15) is 0 Å². The van der Waals surface area contributed by atoms with Crippen LogP contribution in [-0.2, 0) is 32.7 Å². The summed E-state index contributed by atoms with van der Waals surface area (Å²) in [4.78, 5) is 44.5. The maximum absolute atomic E-state index is 12.1. The third-order valence-electron chi connectivity index (χ3n) is 5.19. The first-order valence-corrected chi connectivity index (χ1v) is 14.9. The van der Waals surface area contributed by atoms with Gasteiger partial charge in [-0.1, -0.05) is 63.8 Å². The van der Waals surface area contributed by atoms with Crippen LogP contribution in [0.1, 0.15) is 90.9 Å². The van der Waals surface area contributed by atoms with Crippen molar-refractivity contribution in [2.75, 3.05) is 19.8 Å². The Labute approximate surface area is 226 Å². The van der Waals surface area contributed by atoms with Gasteiger partial charge in [0.1, 0.15) is 12.7 Å². The van der Waals surface area contributed by atoms with Gasteiger partial charge in [0.15, 0.2) is 6.04 Å². The lowest BCUT2D eigenvalue weighted by Crippen LogP contribution is -2.43. The Morgan fingerprint density at radius 3 is 2.13 bits per heavy atom. The highest BCUT2D eigenvalue weighted by atomic mass is 31.2. The molecule has 0 saturated carbocycles. The molecule has 0 fully saturated rings. The summed E-state index contributed by atoms with van der Waals surface area (Å²) in [6, 6.07) is -1.55. The molecule has 0 radical (unpaired) electrons. The maximum atomic E-state index is 12.1. The number of carbonyl (C=O) groups excluding carboxylic acids is 2. The highest BCUT2D eigenvalue weighted by Gasteiger charge is 2.28.